The molecule has 21 heavy (non-hydrogen) atoms. The predicted molar refractivity (Wildman–Crippen MR) is 85.1 cm³/mol. The van der Waals surface area contributed by atoms with Gasteiger partial charge in [-0.25, -0.2) is 0 Å². The predicted octanol–water partition coefficient (Wildman–Crippen LogP) is 2.78. The number of esters is 1. The summed E-state index contributed by atoms with van der Waals surface area (Å²) in [6.45, 7) is 1.90. The summed E-state index contributed by atoms with van der Waals surface area (Å²) in [4.78, 5) is 10.9. The van der Waals surface area contributed by atoms with Gasteiger partial charge in [-0.1, -0.05) is 36.1 Å². The van der Waals surface area contributed by atoms with Crippen molar-refractivity contribution in [2.45, 2.75) is 38.7 Å². The van der Waals surface area contributed by atoms with Crippen molar-refractivity contribution < 1.29 is 14.6 Å². The van der Waals surface area contributed by atoms with Gasteiger partial charge in [-0.15, -0.1) is 0 Å². The molecule has 0 saturated carbocycles. The number of rotatable bonds is 7. The SMILES string of the molecule is CC=CC#CC#CC=CC=CCCCC(O)CC(=O)OC. The van der Waals surface area contributed by atoms with Gasteiger partial charge in [0.25, 0.3) is 0 Å². The van der Waals surface area contributed by atoms with Crippen LogP contribution in [0.15, 0.2) is 36.5 Å². The van der Waals surface area contributed by atoms with E-state index >= 15 is 0 Å². The molecule has 0 aliphatic rings. The van der Waals surface area contributed by atoms with Gasteiger partial charge in [0.05, 0.1) is 19.6 Å². The minimum absolute atomic E-state index is 0.0595. The zero-order valence-corrected chi connectivity index (χ0v) is 12.6. The number of unbranched alkanes of at least 4 members (excludes halogenated alkanes) is 1. The summed E-state index contributed by atoms with van der Waals surface area (Å²) in [7, 11) is 1.32. The van der Waals surface area contributed by atoms with E-state index in [-0.39, 0.29) is 12.4 Å². The molecule has 3 heteroatoms. The first-order valence-corrected chi connectivity index (χ1v) is 6.89. The maximum Gasteiger partial charge on any atom is 0.308 e. The van der Waals surface area contributed by atoms with E-state index in [0.29, 0.717) is 6.42 Å². The van der Waals surface area contributed by atoms with Crippen LogP contribution in [0, 0.1) is 23.7 Å². The summed E-state index contributed by atoms with van der Waals surface area (Å²) < 4.78 is 4.49. The average molecular weight is 286 g/mol. The number of methoxy groups -OCH3 is 1. The third kappa shape index (κ3) is 14.0. The van der Waals surface area contributed by atoms with E-state index in [0.717, 1.165) is 12.8 Å². The number of aliphatic hydroxyl groups excluding tert-OH is 1. The van der Waals surface area contributed by atoms with E-state index in [1.165, 1.54) is 7.11 Å². The van der Waals surface area contributed by atoms with Crippen molar-refractivity contribution in [1.82, 2.24) is 0 Å². The monoisotopic (exact) mass is 286 g/mol. The van der Waals surface area contributed by atoms with E-state index in [2.05, 4.69) is 28.4 Å². The minimum atomic E-state index is -0.622. The summed E-state index contributed by atoms with van der Waals surface area (Å²) in [6, 6.07) is 0. The number of hydrogen-bond donors (Lipinski definition) is 1. The Bertz CT molecular complexity index is 490. The third-order valence-electron chi connectivity index (χ3n) is 2.42. The molecule has 0 radical (unpaired) electrons. The third-order valence-corrected chi connectivity index (χ3v) is 2.42. The lowest BCUT2D eigenvalue weighted by Crippen LogP contribution is -2.14. The Labute approximate surface area is 127 Å². The van der Waals surface area contributed by atoms with Crippen molar-refractivity contribution in [1.29, 1.82) is 0 Å². The quantitative estimate of drug-likeness (QED) is 0.339. The molecule has 0 aromatic carbocycles. The highest BCUT2D eigenvalue weighted by Gasteiger charge is 2.09. The van der Waals surface area contributed by atoms with Crippen LogP contribution < -0.4 is 0 Å². The van der Waals surface area contributed by atoms with Crippen molar-refractivity contribution in [3.8, 4) is 23.7 Å². The number of carbonyl (C=O) groups is 1. The maximum absolute atomic E-state index is 10.9. The van der Waals surface area contributed by atoms with Crippen molar-refractivity contribution >= 4 is 5.97 Å². The van der Waals surface area contributed by atoms with Crippen molar-refractivity contribution in [3.63, 3.8) is 0 Å². The van der Waals surface area contributed by atoms with Crippen LogP contribution in [-0.4, -0.2) is 24.3 Å². The summed E-state index contributed by atoms with van der Waals surface area (Å²) in [5, 5.41) is 9.54. The molecule has 0 spiro atoms. The largest absolute Gasteiger partial charge is 0.469 e. The molecule has 0 aliphatic heterocycles. The van der Waals surface area contributed by atoms with Crippen LogP contribution in [0.5, 0.6) is 0 Å². The molecule has 3 nitrogen and oxygen atoms in total. The Morgan fingerprint density at radius 1 is 1.24 bits per heavy atom. The van der Waals surface area contributed by atoms with Gasteiger partial charge in [0.15, 0.2) is 0 Å². The van der Waals surface area contributed by atoms with Crippen LogP contribution in [0.25, 0.3) is 0 Å². The lowest BCUT2D eigenvalue weighted by atomic mass is 10.1. The molecule has 1 N–H and O–H groups in total. The number of allylic oxidation sites excluding steroid dienone is 6. The lowest BCUT2D eigenvalue weighted by Gasteiger charge is -2.07. The fourth-order valence-electron chi connectivity index (χ4n) is 1.37. The number of ether oxygens (including phenoxy) is 1. The highest BCUT2D eigenvalue weighted by molar-refractivity contribution is 5.69. The van der Waals surface area contributed by atoms with Crippen molar-refractivity contribution in [2.75, 3.05) is 7.11 Å². The average Bonchev–Trinajstić information content (AvgIpc) is 2.48. The highest BCUT2D eigenvalue weighted by atomic mass is 16.5. The summed E-state index contributed by atoms with van der Waals surface area (Å²) in [6.07, 6.45) is 12.8. The molecule has 0 heterocycles. The summed E-state index contributed by atoms with van der Waals surface area (Å²) in [5.74, 6) is 10.6. The second kappa shape index (κ2) is 14.2. The zero-order chi connectivity index (χ0) is 15.8. The lowest BCUT2D eigenvalue weighted by molar-refractivity contribution is -0.142. The number of carbonyl (C=O) groups excluding carboxylic acids is 1. The molecule has 0 bridgehead atoms. The number of aliphatic hydroxyl groups is 1. The van der Waals surface area contributed by atoms with Crippen molar-refractivity contribution in [2.24, 2.45) is 0 Å². The Morgan fingerprint density at radius 3 is 2.62 bits per heavy atom. The Morgan fingerprint density at radius 2 is 1.95 bits per heavy atom. The van der Waals surface area contributed by atoms with E-state index in [1.807, 2.05) is 31.2 Å². The van der Waals surface area contributed by atoms with Gasteiger partial charge < -0.3 is 9.84 Å². The molecule has 0 fully saturated rings. The molecule has 0 aromatic rings. The molecule has 0 saturated heterocycles. The molecule has 112 valence electrons. The molecule has 1 unspecified atom stereocenters. The van der Waals surface area contributed by atoms with Gasteiger partial charge >= 0.3 is 5.97 Å². The van der Waals surface area contributed by atoms with E-state index in [9.17, 15) is 9.90 Å². The van der Waals surface area contributed by atoms with Gasteiger partial charge in [-0.2, -0.15) is 0 Å². The van der Waals surface area contributed by atoms with Gasteiger partial charge in [0.2, 0.25) is 0 Å². The first-order chi connectivity index (χ1) is 10.2. The fraction of sp³-hybridized carbons (Fsp3) is 0.389. The smallest absolute Gasteiger partial charge is 0.308 e. The van der Waals surface area contributed by atoms with Crippen molar-refractivity contribution in [3.05, 3.63) is 36.5 Å². The van der Waals surface area contributed by atoms with Crippen LogP contribution >= 0.6 is 0 Å². The molecule has 0 aromatic heterocycles. The van der Waals surface area contributed by atoms with Gasteiger partial charge in [-0.3, -0.25) is 4.79 Å². The van der Waals surface area contributed by atoms with E-state index < -0.39 is 6.10 Å². The highest BCUT2D eigenvalue weighted by Crippen LogP contribution is 2.05. The molecule has 0 amide bonds. The van der Waals surface area contributed by atoms with Gasteiger partial charge in [-0.05, 0) is 50.2 Å². The van der Waals surface area contributed by atoms with E-state index in [4.69, 9.17) is 0 Å². The zero-order valence-electron chi connectivity index (χ0n) is 12.6. The fourth-order valence-corrected chi connectivity index (χ4v) is 1.37. The van der Waals surface area contributed by atoms with E-state index in [1.54, 1.807) is 12.2 Å². The first-order valence-electron chi connectivity index (χ1n) is 6.89. The topological polar surface area (TPSA) is 46.5 Å². The molecular weight excluding hydrogens is 264 g/mol. The second-order valence-corrected chi connectivity index (χ2v) is 4.19. The second-order valence-electron chi connectivity index (χ2n) is 4.19. The molecular formula is C18H22O3. The standard InChI is InChI=1S/C18H22O3/c1-3-4-5-6-7-8-9-10-11-12-13-14-15-17(19)16-18(20)21-2/h3-4,9-12,17,19H,13-16H2,1-2H3. The summed E-state index contributed by atoms with van der Waals surface area (Å²) >= 11 is 0. The summed E-state index contributed by atoms with van der Waals surface area (Å²) in [5.41, 5.74) is 0. The Hall–Kier alpha value is -2.23. The van der Waals surface area contributed by atoms with Crippen LogP contribution in [0.3, 0.4) is 0 Å². The Balaban J connectivity index is 3.74. The normalized spacial score (nSPS) is 12.0. The van der Waals surface area contributed by atoms with Gasteiger partial charge in [0, 0.05) is 0 Å². The van der Waals surface area contributed by atoms with Crippen LogP contribution in [-0.2, 0) is 9.53 Å². The van der Waals surface area contributed by atoms with Gasteiger partial charge in [0.1, 0.15) is 0 Å². The number of hydrogen-bond acceptors (Lipinski definition) is 3. The van der Waals surface area contributed by atoms with Crippen LogP contribution in [0.4, 0.5) is 0 Å². The molecule has 0 rings (SSSR count). The Kier molecular flexibility index (Phi) is 12.7. The maximum atomic E-state index is 10.9. The molecule has 1 atom stereocenters. The van der Waals surface area contributed by atoms with Crippen LogP contribution in [0.1, 0.15) is 32.6 Å². The minimum Gasteiger partial charge on any atom is -0.469 e. The van der Waals surface area contributed by atoms with Crippen LogP contribution in [0.2, 0.25) is 0 Å². The first kappa shape index (κ1) is 18.8. The molecule has 0 aliphatic carbocycles.